The number of hydrogen-bond acceptors (Lipinski definition) is 5. The van der Waals surface area contributed by atoms with E-state index in [1.807, 2.05) is 0 Å². The quantitative estimate of drug-likeness (QED) is 0.624. The molecule has 18 heavy (non-hydrogen) atoms. The summed E-state index contributed by atoms with van der Waals surface area (Å²) in [7, 11) is -3.68. The molecule has 1 rings (SSSR count). The van der Waals surface area contributed by atoms with Crippen LogP contribution >= 0.6 is 11.6 Å². The Balaban J connectivity index is 2.58. The Kier molecular flexibility index (Phi) is 5.52. The molecule has 0 aliphatic heterocycles. The number of nitrogens with one attached hydrogen (secondary N) is 1. The maximum Gasteiger partial charge on any atom is 0.307 e. The van der Waals surface area contributed by atoms with Crippen molar-refractivity contribution in [3.8, 4) is 0 Å². The van der Waals surface area contributed by atoms with E-state index in [1.165, 1.54) is 18.3 Å². The van der Waals surface area contributed by atoms with Crippen molar-refractivity contribution in [2.75, 3.05) is 13.2 Å². The van der Waals surface area contributed by atoms with Gasteiger partial charge in [0.1, 0.15) is 5.15 Å². The molecule has 0 amide bonds. The van der Waals surface area contributed by atoms with Gasteiger partial charge in [0, 0.05) is 12.7 Å². The molecule has 1 N–H and O–H groups in total. The molecule has 0 unspecified atom stereocenters. The number of hydrogen-bond donors (Lipinski definition) is 1. The maximum absolute atomic E-state index is 11.8. The lowest BCUT2D eigenvalue weighted by Crippen LogP contribution is -2.26. The number of aromatic nitrogens is 1. The first-order valence-electron chi connectivity index (χ1n) is 5.22. The van der Waals surface area contributed by atoms with Crippen molar-refractivity contribution < 1.29 is 17.9 Å². The second-order valence-corrected chi connectivity index (χ2v) is 5.42. The van der Waals surface area contributed by atoms with Crippen molar-refractivity contribution in [2.24, 2.45) is 0 Å². The number of sulfonamides is 1. The SMILES string of the molecule is CCOC(=O)CCNS(=O)(=O)c1ccnc(Cl)c1. The third-order valence-electron chi connectivity index (χ3n) is 1.93. The van der Waals surface area contributed by atoms with Gasteiger partial charge < -0.3 is 4.74 Å². The lowest BCUT2D eigenvalue weighted by Gasteiger charge is -2.06. The van der Waals surface area contributed by atoms with Crippen molar-refractivity contribution in [2.45, 2.75) is 18.2 Å². The molecule has 0 saturated heterocycles. The summed E-state index contributed by atoms with van der Waals surface area (Å²) in [6.45, 7) is 1.92. The van der Waals surface area contributed by atoms with Crippen LogP contribution in [0.25, 0.3) is 0 Å². The Morgan fingerprint density at radius 3 is 2.89 bits per heavy atom. The first-order chi connectivity index (χ1) is 8.45. The highest BCUT2D eigenvalue weighted by Gasteiger charge is 2.14. The van der Waals surface area contributed by atoms with Gasteiger partial charge in [-0.15, -0.1) is 0 Å². The van der Waals surface area contributed by atoms with Gasteiger partial charge in [0.25, 0.3) is 0 Å². The number of nitrogens with zero attached hydrogens (tertiary/aromatic N) is 1. The van der Waals surface area contributed by atoms with Crippen molar-refractivity contribution >= 4 is 27.6 Å². The molecule has 0 aliphatic carbocycles. The average Bonchev–Trinajstić information content (AvgIpc) is 2.29. The molecule has 0 atom stereocenters. The number of carbonyl (C=O) groups is 1. The number of pyridine rings is 1. The third kappa shape index (κ3) is 4.59. The molecule has 1 heterocycles. The van der Waals surface area contributed by atoms with Crippen molar-refractivity contribution in [1.29, 1.82) is 0 Å². The maximum atomic E-state index is 11.8. The van der Waals surface area contributed by atoms with Crippen LogP contribution in [-0.2, 0) is 19.6 Å². The minimum absolute atomic E-state index is 0.00589. The topological polar surface area (TPSA) is 85.4 Å². The van der Waals surface area contributed by atoms with Crippen molar-refractivity contribution in [3.05, 3.63) is 23.5 Å². The minimum atomic E-state index is -3.68. The van der Waals surface area contributed by atoms with Gasteiger partial charge in [-0.1, -0.05) is 11.6 Å². The van der Waals surface area contributed by atoms with E-state index < -0.39 is 16.0 Å². The first-order valence-corrected chi connectivity index (χ1v) is 7.08. The van der Waals surface area contributed by atoms with Crippen molar-refractivity contribution in [1.82, 2.24) is 9.71 Å². The van der Waals surface area contributed by atoms with E-state index in [9.17, 15) is 13.2 Å². The van der Waals surface area contributed by atoms with Crippen LogP contribution in [0.2, 0.25) is 5.15 Å². The Morgan fingerprint density at radius 1 is 1.56 bits per heavy atom. The Hall–Kier alpha value is -1.18. The van der Waals surface area contributed by atoms with Crippen LogP contribution in [0.3, 0.4) is 0 Å². The van der Waals surface area contributed by atoms with Gasteiger partial charge in [-0.25, -0.2) is 18.1 Å². The normalized spacial score (nSPS) is 11.2. The van der Waals surface area contributed by atoms with Crippen LogP contribution in [0.15, 0.2) is 23.2 Å². The lowest BCUT2D eigenvalue weighted by molar-refractivity contribution is -0.142. The number of carbonyl (C=O) groups excluding carboxylic acids is 1. The molecule has 0 saturated carbocycles. The van der Waals surface area contributed by atoms with Crippen LogP contribution in [0.1, 0.15) is 13.3 Å². The highest BCUT2D eigenvalue weighted by molar-refractivity contribution is 7.89. The van der Waals surface area contributed by atoms with Gasteiger partial charge in [-0.2, -0.15) is 0 Å². The summed E-state index contributed by atoms with van der Waals surface area (Å²) in [5.41, 5.74) is 0. The van der Waals surface area contributed by atoms with E-state index in [2.05, 4.69) is 14.4 Å². The van der Waals surface area contributed by atoms with Gasteiger partial charge in [-0.05, 0) is 19.1 Å². The largest absolute Gasteiger partial charge is 0.466 e. The van der Waals surface area contributed by atoms with Crippen LogP contribution in [0.4, 0.5) is 0 Å². The van der Waals surface area contributed by atoms with Crippen LogP contribution in [0.5, 0.6) is 0 Å². The summed E-state index contributed by atoms with van der Waals surface area (Å²) in [6.07, 6.45) is 1.27. The zero-order valence-corrected chi connectivity index (χ0v) is 11.3. The molecule has 0 bridgehead atoms. The molecule has 100 valence electrons. The molecule has 0 radical (unpaired) electrons. The average molecular weight is 293 g/mol. The first kappa shape index (κ1) is 14.9. The predicted molar refractivity (Wildman–Crippen MR) is 65.7 cm³/mol. The molecule has 0 aliphatic rings. The molecular weight excluding hydrogens is 280 g/mol. The van der Waals surface area contributed by atoms with E-state index in [-0.39, 0.29) is 29.6 Å². The molecule has 0 fully saturated rings. The highest BCUT2D eigenvalue weighted by atomic mass is 35.5. The third-order valence-corrected chi connectivity index (χ3v) is 3.60. The summed E-state index contributed by atoms with van der Waals surface area (Å²) in [5, 5.41) is 0.0864. The summed E-state index contributed by atoms with van der Waals surface area (Å²) < 4.78 is 30.5. The molecule has 0 aromatic carbocycles. The summed E-state index contributed by atoms with van der Waals surface area (Å²) in [4.78, 5) is 14.7. The summed E-state index contributed by atoms with van der Waals surface area (Å²) in [6, 6.07) is 2.55. The van der Waals surface area contributed by atoms with E-state index in [4.69, 9.17) is 11.6 Å². The smallest absolute Gasteiger partial charge is 0.307 e. The van der Waals surface area contributed by atoms with Crippen LogP contribution < -0.4 is 4.72 Å². The Labute approximate surface area is 110 Å². The van der Waals surface area contributed by atoms with Crippen LogP contribution in [-0.4, -0.2) is 32.5 Å². The molecule has 1 aromatic rings. The lowest BCUT2D eigenvalue weighted by atomic mass is 10.4. The second-order valence-electron chi connectivity index (χ2n) is 3.27. The fourth-order valence-corrected chi connectivity index (χ4v) is 2.44. The van der Waals surface area contributed by atoms with E-state index >= 15 is 0 Å². The summed E-state index contributed by atoms with van der Waals surface area (Å²) in [5.74, 6) is -0.451. The van der Waals surface area contributed by atoms with Crippen molar-refractivity contribution in [3.63, 3.8) is 0 Å². The van der Waals surface area contributed by atoms with Crippen LogP contribution in [0, 0.1) is 0 Å². The van der Waals surface area contributed by atoms with Gasteiger partial charge >= 0.3 is 5.97 Å². The molecule has 6 nitrogen and oxygen atoms in total. The van der Waals surface area contributed by atoms with Gasteiger partial charge in [0.05, 0.1) is 17.9 Å². The monoisotopic (exact) mass is 292 g/mol. The molecule has 0 spiro atoms. The van der Waals surface area contributed by atoms with Gasteiger partial charge in [0.15, 0.2) is 0 Å². The standard InChI is InChI=1S/C10H13ClN2O4S/c1-2-17-10(14)4-6-13-18(15,16)8-3-5-12-9(11)7-8/h3,5,7,13H,2,4,6H2,1H3. The number of ether oxygens (including phenoxy) is 1. The Morgan fingerprint density at radius 2 is 2.28 bits per heavy atom. The number of rotatable bonds is 6. The van der Waals surface area contributed by atoms with E-state index in [0.717, 1.165) is 0 Å². The summed E-state index contributed by atoms with van der Waals surface area (Å²) >= 11 is 5.60. The Bertz CT molecular complexity index is 518. The number of esters is 1. The molecule has 8 heteroatoms. The molecule has 1 aromatic heterocycles. The number of halogens is 1. The fourth-order valence-electron chi connectivity index (χ4n) is 1.16. The van der Waals surface area contributed by atoms with Gasteiger partial charge in [0.2, 0.25) is 10.0 Å². The highest BCUT2D eigenvalue weighted by Crippen LogP contribution is 2.12. The molecular formula is C10H13ClN2O4S. The van der Waals surface area contributed by atoms with E-state index in [0.29, 0.717) is 0 Å². The van der Waals surface area contributed by atoms with E-state index in [1.54, 1.807) is 6.92 Å². The van der Waals surface area contributed by atoms with Gasteiger partial charge in [-0.3, -0.25) is 4.79 Å². The fraction of sp³-hybridized carbons (Fsp3) is 0.400. The minimum Gasteiger partial charge on any atom is -0.466 e. The second kappa shape index (κ2) is 6.67. The zero-order chi connectivity index (χ0) is 13.6. The predicted octanol–water partition coefficient (Wildman–Crippen LogP) is 0.966. The zero-order valence-electron chi connectivity index (χ0n) is 9.72.